The fourth-order valence-corrected chi connectivity index (χ4v) is 5.75. The number of allylic oxidation sites excluding steroid dienone is 1. The van der Waals surface area contributed by atoms with Crippen molar-refractivity contribution in [3.63, 3.8) is 0 Å². The van der Waals surface area contributed by atoms with Gasteiger partial charge < -0.3 is 9.88 Å². The molecule has 0 aliphatic carbocycles. The Morgan fingerprint density at radius 1 is 1.00 bits per heavy atom. The molecule has 1 N–H and O–H groups in total. The molecule has 1 aliphatic rings. The van der Waals surface area contributed by atoms with Crippen molar-refractivity contribution in [3.05, 3.63) is 87.3 Å². The zero-order valence-corrected chi connectivity index (χ0v) is 21.8. The zero-order chi connectivity index (χ0) is 24.5. The predicted octanol–water partition coefficient (Wildman–Crippen LogP) is 6.00. The average Bonchev–Trinajstić information content (AvgIpc) is 2.76. The molecule has 1 aliphatic heterocycles. The molecule has 7 heteroatoms. The van der Waals surface area contributed by atoms with Crippen LogP contribution in [-0.2, 0) is 10.5 Å². The number of rotatable bonds is 6. The predicted molar refractivity (Wildman–Crippen MR) is 143 cm³/mol. The molecule has 0 bridgehead atoms. The number of carbonyl (C=O) groups excluding carboxylic acids is 1. The molecule has 0 saturated heterocycles. The van der Waals surface area contributed by atoms with Gasteiger partial charge in [-0.1, -0.05) is 47.7 Å². The molecule has 0 saturated carbocycles. The number of hydrogen-bond acceptors (Lipinski definition) is 5. The van der Waals surface area contributed by atoms with E-state index >= 15 is 0 Å². The minimum Gasteiger partial charge on any atom is -0.302 e. The van der Waals surface area contributed by atoms with Crippen LogP contribution in [0.3, 0.4) is 0 Å². The van der Waals surface area contributed by atoms with Gasteiger partial charge in [0.15, 0.2) is 5.16 Å². The van der Waals surface area contributed by atoms with Gasteiger partial charge in [0.05, 0.1) is 22.7 Å². The molecule has 0 unspecified atom stereocenters. The minimum absolute atomic E-state index is 0.0207. The number of nitrogens with zero attached hydrogens (tertiary/aromatic N) is 2. The van der Waals surface area contributed by atoms with E-state index in [1.165, 1.54) is 29.0 Å². The van der Waals surface area contributed by atoms with Crippen LogP contribution in [0.15, 0.2) is 69.5 Å². The quantitative estimate of drug-likeness (QED) is 0.338. The maximum atomic E-state index is 13.4. The Morgan fingerprint density at radius 2 is 1.71 bits per heavy atom. The van der Waals surface area contributed by atoms with Crippen molar-refractivity contribution in [2.75, 3.05) is 10.7 Å². The van der Waals surface area contributed by atoms with Crippen molar-refractivity contribution >= 4 is 40.7 Å². The molecule has 2 aromatic carbocycles. The Balaban J connectivity index is 1.49. The van der Waals surface area contributed by atoms with E-state index in [1.54, 1.807) is 11.8 Å². The first kappa shape index (κ1) is 24.4. The van der Waals surface area contributed by atoms with E-state index in [9.17, 15) is 9.59 Å². The van der Waals surface area contributed by atoms with Crippen molar-refractivity contribution in [1.82, 2.24) is 9.97 Å². The van der Waals surface area contributed by atoms with Gasteiger partial charge in [0, 0.05) is 22.3 Å². The van der Waals surface area contributed by atoms with Crippen LogP contribution in [0, 0.1) is 13.8 Å². The number of thioether (sulfide) groups is 2. The third-order valence-corrected chi connectivity index (χ3v) is 7.63. The van der Waals surface area contributed by atoms with Gasteiger partial charge in [-0.25, -0.2) is 4.98 Å². The highest BCUT2D eigenvalue weighted by Crippen LogP contribution is 2.39. The first-order valence-corrected chi connectivity index (χ1v) is 13.2. The molecule has 0 spiro atoms. The summed E-state index contributed by atoms with van der Waals surface area (Å²) in [5.41, 5.74) is 5.54. The summed E-state index contributed by atoms with van der Waals surface area (Å²) < 4.78 is 0. The summed E-state index contributed by atoms with van der Waals surface area (Å²) >= 11 is 2.90. The number of fused-ring (bicyclic) bond motifs is 1. The van der Waals surface area contributed by atoms with Gasteiger partial charge in [-0.3, -0.25) is 9.59 Å². The number of benzene rings is 2. The van der Waals surface area contributed by atoms with Gasteiger partial charge in [-0.2, -0.15) is 0 Å². The molecule has 0 radical (unpaired) electrons. The molecule has 0 fully saturated rings. The van der Waals surface area contributed by atoms with E-state index in [2.05, 4.69) is 72.4 Å². The second-order valence-electron chi connectivity index (χ2n) is 9.16. The van der Waals surface area contributed by atoms with E-state index in [1.807, 2.05) is 25.7 Å². The van der Waals surface area contributed by atoms with Gasteiger partial charge in [0.25, 0.3) is 5.56 Å². The number of carbonyl (C=O) groups is 1. The first-order chi connectivity index (χ1) is 16.1. The van der Waals surface area contributed by atoms with E-state index in [-0.39, 0.29) is 17.2 Å². The molecular formula is C27H29N3O2S2. The number of aromatic nitrogens is 2. The highest BCUT2D eigenvalue weighted by atomic mass is 32.2. The summed E-state index contributed by atoms with van der Waals surface area (Å²) in [6.07, 6.45) is 2.14. The van der Waals surface area contributed by atoms with Crippen molar-refractivity contribution in [2.24, 2.45) is 0 Å². The normalized spacial score (nSPS) is 14.5. The van der Waals surface area contributed by atoms with Gasteiger partial charge in [0.1, 0.15) is 0 Å². The Hall–Kier alpha value is -2.77. The summed E-state index contributed by atoms with van der Waals surface area (Å²) in [6.45, 7) is 10.3. The van der Waals surface area contributed by atoms with Gasteiger partial charge in [0.2, 0.25) is 5.91 Å². The SMILES string of the molecule is CC1=CC(C)(C)N(C(=O)CSc2nc(CSc3ccc(C)cc3)cc(=O)[nH]2)c2cc(C)ccc21. The molecule has 34 heavy (non-hydrogen) atoms. The molecule has 4 rings (SSSR count). The Kier molecular flexibility index (Phi) is 7.05. The fraction of sp³-hybridized carbons (Fsp3) is 0.296. The molecule has 2 heterocycles. The number of nitrogens with one attached hydrogen (secondary N) is 1. The van der Waals surface area contributed by atoms with Crippen molar-refractivity contribution in [1.29, 1.82) is 0 Å². The number of aromatic amines is 1. The zero-order valence-electron chi connectivity index (χ0n) is 20.1. The van der Waals surface area contributed by atoms with E-state index in [0.717, 1.165) is 21.7 Å². The van der Waals surface area contributed by atoms with Crippen LogP contribution >= 0.6 is 23.5 Å². The standard InChI is InChI=1S/C27H29N3O2S2/c1-17-6-9-21(10-7-17)33-15-20-13-24(31)29-26(28-20)34-16-25(32)30-23-12-18(2)8-11-22(23)19(3)14-27(30,4)5/h6-14H,15-16H2,1-5H3,(H,28,29,31). The average molecular weight is 492 g/mol. The largest absolute Gasteiger partial charge is 0.302 e. The molecule has 3 aromatic rings. The van der Waals surface area contributed by atoms with Gasteiger partial charge >= 0.3 is 0 Å². The number of aryl methyl sites for hydroxylation is 2. The second kappa shape index (κ2) is 9.84. The van der Waals surface area contributed by atoms with Crippen LogP contribution in [0.5, 0.6) is 0 Å². The lowest BCUT2D eigenvalue weighted by molar-refractivity contribution is -0.116. The molecule has 0 atom stereocenters. The fourth-order valence-electron chi connectivity index (χ4n) is 4.21. The van der Waals surface area contributed by atoms with E-state index in [0.29, 0.717) is 16.6 Å². The lowest BCUT2D eigenvalue weighted by Crippen LogP contribution is -2.49. The maximum Gasteiger partial charge on any atom is 0.251 e. The van der Waals surface area contributed by atoms with Crippen LogP contribution in [0.1, 0.15) is 43.2 Å². The molecular weight excluding hydrogens is 462 g/mol. The second-order valence-corrected chi connectivity index (χ2v) is 11.2. The summed E-state index contributed by atoms with van der Waals surface area (Å²) in [7, 11) is 0. The van der Waals surface area contributed by atoms with E-state index < -0.39 is 5.54 Å². The minimum atomic E-state index is -0.449. The summed E-state index contributed by atoms with van der Waals surface area (Å²) in [5, 5.41) is 0.464. The van der Waals surface area contributed by atoms with Crippen LogP contribution < -0.4 is 10.5 Å². The number of amides is 1. The number of H-pyrrole nitrogens is 1. The van der Waals surface area contributed by atoms with Crippen LogP contribution in [0.4, 0.5) is 5.69 Å². The number of hydrogen-bond donors (Lipinski definition) is 1. The van der Waals surface area contributed by atoms with Crippen LogP contribution in [0.2, 0.25) is 0 Å². The smallest absolute Gasteiger partial charge is 0.251 e. The third kappa shape index (κ3) is 5.47. The van der Waals surface area contributed by atoms with Crippen molar-refractivity contribution in [3.8, 4) is 0 Å². The Morgan fingerprint density at radius 3 is 2.44 bits per heavy atom. The lowest BCUT2D eigenvalue weighted by Gasteiger charge is -2.41. The molecule has 1 amide bonds. The van der Waals surface area contributed by atoms with Gasteiger partial charge in [-0.15, -0.1) is 11.8 Å². The highest BCUT2D eigenvalue weighted by Gasteiger charge is 2.35. The number of anilines is 1. The highest BCUT2D eigenvalue weighted by molar-refractivity contribution is 7.99. The summed E-state index contributed by atoms with van der Waals surface area (Å²) in [5.74, 6) is 0.749. The van der Waals surface area contributed by atoms with Gasteiger partial charge in [-0.05, 0) is 64.0 Å². The Labute approximate surface area is 209 Å². The Bertz CT molecular complexity index is 1310. The molecule has 176 valence electrons. The topological polar surface area (TPSA) is 66.1 Å². The third-order valence-electron chi connectivity index (χ3n) is 5.73. The van der Waals surface area contributed by atoms with Crippen LogP contribution in [-0.4, -0.2) is 27.2 Å². The first-order valence-electron chi connectivity index (χ1n) is 11.2. The monoisotopic (exact) mass is 491 g/mol. The summed E-state index contributed by atoms with van der Waals surface area (Å²) in [6, 6.07) is 16.0. The molecule has 5 nitrogen and oxygen atoms in total. The lowest BCUT2D eigenvalue weighted by atomic mass is 9.88. The van der Waals surface area contributed by atoms with Crippen molar-refractivity contribution in [2.45, 2.75) is 56.0 Å². The van der Waals surface area contributed by atoms with Crippen molar-refractivity contribution < 1.29 is 4.79 Å². The molecule has 1 aromatic heterocycles. The summed E-state index contributed by atoms with van der Waals surface area (Å²) in [4.78, 5) is 36.0. The maximum absolute atomic E-state index is 13.4. The van der Waals surface area contributed by atoms with Crippen LogP contribution in [0.25, 0.3) is 5.57 Å². The van der Waals surface area contributed by atoms with E-state index in [4.69, 9.17) is 0 Å².